The second kappa shape index (κ2) is 6.52. The Morgan fingerprint density at radius 3 is 2.79 bits per heavy atom. The number of rotatable bonds is 4. The lowest BCUT2D eigenvalue weighted by atomic mass is 10.2. The Morgan fingerprint density at radius 1 is 1.42 bits per heavy atom. The van der Waals surface area contributed by atoms with E-state index in [2.05, 4.69) is 0 Å². The normalized spacial score (nSPS) is 22.5. The van der Waals surface area contributed by atoms with Gasteiger partial charge in [0.15, 0.2) is 0 Å². The zero-order chi connectivity index (χ0) is 13.7. The van der Waals surface area contributed by atoms with Gasteiger partial charge in [-0.3, -0.25) is 4.90 Å². The van der Waals surface area contributed by atoms with Crippen LogP contribution in [0.3, 0.4) is 0 Å². The van der Waals surface area contributed by atoms with Crippen LogP contribution in [-0.4, -0.2) is 43.5 Å². The third-order valence-electron chi connectivity index (χ3n) is 3.33. The molecule has 1 aliphatic heterocycles. The van der Waals surface area contributed by atoms with Gasteiger partial charge in [0, 0.05) is 7.11 Å². The summed E-state index contributed by atoms with van der Waals surface area (Å²) in [5.74, 6) is 0. The molecule has 1 aliphatic rings. The van der Waals surface area contributed by atoms with E-state index in [1.807, 2.05) is 30.3 Å². The van der Waals surface area contributed by atoms with E-state index in [4.69, 9.17) is 9.47 Å². The first-order valence-electron chi connectivity index (χ1n) is 6.30. The van der Waals surface area contributed by atoms with Crippen molar-refractivity contribution in [3.8, 4) is 0 Å². The Kier molecular flexibility index (Phi) is 4.74. The van der Waals surface area contributed by atoms with Crippen molar-refractivity contribution < 1.29 is 18.7 Å². The molecule has 1 heterocycles. The van der Waals surface area contributed by atoms with Crippen LogP contribution in [0.4, 0.5) is 9.18 Å². The van der Waals surface area contributed by atoms with E-state index in [9.17, 15) is 9.18 Å². The Morgan fingerprint density at radius 2 is 2.16 bits per heavy atom. The Bertz CT molecular complexity index is 412. The number of carbonyl (C=O) groups is 1. The molecule has 0 aromatic heterocycles. The van der Waals surface area contributed by atoms with E-state index in [0.29, 0.717) is 13.0 Å². The summed E-state index contributed by atoms with van der Waals surface area (Å²) < 4.78 is 23.2. The highest BCUT2D eigenvalue weighted by atomic mass is 19.1. The first-order chi connectivity index (χ1) is 9.24. The fraction of sp³-hybridized carbons (Fsp3) is 0.500. The summed E-state index contributed by atoms with van der Waals surface area (Å²) in [7, 11) is 1.57. The first-order valence-corrected chi connectivity index (χ1v) is 6.30. The zero-order valence-corrected chi connectivity index (χ0v) is 10.9. The molecule has 0 N–H and O–H groups in total. The zero-order valence-electron chi connectivity index (χ0n) is 10.9. The lowest BCUT2D eigenvalue weighted by Crippen LogP contribution is -2.37. The number of benzene rings is 1. The molecule has 0 radical (unpaired) electrons. The molecule has 1 fully saturated rings. The number of halogens is 1. The van der Waals surface area contributed by atoms with Gasteiger partial charge in [0.05, 0.1) is 18.7 Å². The largest absolute Gasteiger partial charge is 0.445 e. The molecule has 1 amide bonds. The van der Waals surface area contributed by atoms with Crippen molar-refractivity contribution in [2.75, 3.05) is 20.3 Å². The highest BCUT2D eigenvalue weighted by Crippen LogP contribution is 2.21. The van der Waals surface area contributed by atoms with Crippen LogP contribution in [0.1, 0.15) is 12.0 Å². The van der Waals surface area contributed by atoms with Gasteiger partial charge in [-0.05, 0) is 12.0 Å². The van der Waals surface area contributed by atoms with Gasteiger partial charge in [-0.15, -0.1) is 0 Å². The highest BCUT2D eigenvalue weighted by Gasteiger charge is 2.36. The molecule has 1 aromatic rings. The number of amides is 1. The van der Waals surface area contributed by atoms with E-state index >= 15 is 0 Å². The fourth-order valence-corrected chi connectivity index (χ4v) is 2.22. The average molecular weight is 267 g/mol. The van der Waals surface area contributed by atoms with Crippen molar-refractivity contribution in [2.24, 2.45) is 0 Å². The van der Waals surface area contributed by atoms with E-state index in [1.165, 1.54) is 4.90 Å². The molecule has 0 aliphatic carbocycles. The molecular weight excluding hydrogens is 249 g/mol. The number of nitrogens with zero attached hydrogens (tertiary/aromatic N) is 1. The second-order valence-electron chi connectivity index (χ2n) is 4.59. The summed E-state index contributed by atoms with van der Waals surface area (Å²) in [5, 5.41) is 0. The maximum Gasteiger partial charge on any atom is 0.410 e. The van der Waals surface area contributed by atoms with Crippen molar-refractivity contribution in [1.29, 1.82) is 0 Å². The second-order valence-corrected chi connectivity index (χ2v) is 4.59. The van der Waals surface area contributed by atoms with Gasteiger partial charge in [-0.25, -0.2) is 9.18 Å². The monoisotopic (exact) mass is 267 g/mol. The number of alkyl halides is 1. The van der Waals surface area contributed by atoms with E-state index < -0.39 is 18.8 Å². The van der Waals surface area contributed by atoms with Crippen molar-refractivity contribution in [2.45, 2.75) is 25.2 Å². The molecule has 2 rings (SSSR count). The van der Waals surface area contributed by atoms with Gasteiger partial charge >= 0.3 is 6.09 Å². The average Bonchev–Trinajstić information content (AvgIpc) is 2.89. The van der Waals surface area contributed by atoms with Crippen molar-refractivity contribution in [1.82, 2.24) is 4.90 Å². The molecule has 0 unspecified atom stereocenters. The summed E-state index contributed by atoms with van der Waals surface area (Å²) in [4.78, 5) is 13.3. The standard InChI is InChI=1S/C14H18FNO3/c1-18-13-7-12(8-15)16(9-13)14(17)19-10-11-5-3-2-4-6-11/h2-6,12-13H,7-10H2,1H3/t12-,13-/m0/s1. The fourth-order valence-electron chi connectivity index (χ4n) is 2.22. The minimum Gasteiger partial charge on any atom is -0.445 e. The quantitative estimate of drug-likeness (QED) is 0.840. The molecule has 104 valence electrons. The predicted octanol–water partition coefficient (Wildman–Crippen LogP) is 2.38. The SMILES string of the molecule is CO[C@H]1C[C@@H](CF)N(C(=O)OCc2ccccc2)C1. The molecule has 19 heavy (non-hydrogen) atoms. The van der Waals surface area contributed by atoms with E-state index in [0.717, 1.165) is 5.56 Å². The number of hydrogen-bond acceptors (Lipinski definition) is 3. The first kappa shape index (κ1) is 13.8. The number of carbonyl (C=O) groups excluding carboxylic acids is 1. The molecule has 1 saturated heterocycles. The van der Waals surface area contributed by atoms with Crippen LogP contribution in [-0.2, 0) is 16.1 Å². The third-order valence-corrected chi connectivity index (χ3v) is 3.33. The van der Waals surface area contributed by atoms with Crippen molar-refractivity contribution in [3.05, 3.63) is 35.9 Å². The van der Waals surface area contributed by atoms with Crippen LogP contribution in [0.5, 0.6) is 0 Å². The number of ether oxygens (including phenoxy) is 2. The summed E-state index contributed by atoms with van der Waals surface area (Å²) >= 11 is 0. The van der Waals surface area contributed by atoms with Crippen LogP contribution in [0.15, 0.2) is 30.3 Å². The van der Waals surface area contributed by atoms with Crippen LogP contribution < -0.4 is 0 Å². The Hall–Kier alpha value is -1.62. The third kappa shape index (κ3) is 3.44. The van der Waals surface area contributed by atoms with Gasteiger partial charge in [0.2, 0.25) is 0 Å². The maximum absolute atomic E-state index is 12.9. The molecule has 1 aromatic carbocycles. The van der Waals surface area contributed by atoms with Gasteiger partial charge < -0.3 is 9.47 Å². The van der Waals surface area contributed by atoms with Gasteiger partial charge in [-0.1, -0.05) is 30.3 Å². The van der Waals surface area contributed by atoms with Crippen LogP contribution in [0.2, 0.25) is 0 Å². The number of likely N-dealkylation sites (tertiary alicyclic amines) is 1. The highest BCUT2D eigenvalue weighted by molar-refractivity contribution is 5.68. The van der Waals surface area contributed by atoms with Gasteiger partial charge in [0.1, 0.15) is 13.3 Å². The summed E-state index contributed by atoms with van der Waals surface area (Å²) in [6, 6.07) is 8.97. The smallest absolute Gasteiger partial charge is 0.410 e. The summed E-state index contributed by atoms with van der Waals surface area (Å²) in [5.41, 5.74) is 0.912. The molecule has 4 nitrogen and oxygen atoms in total. The van der Waals surface area contributed by atoms with Crippen molar-refractivity contribution in [3.63, 3.8) is 0 Å². The molecule has 0 bridgehead atoms. The Labute approximate surface area is 112 Å². The molecule has 0 saturated carbocycles. The van der Waals surface area contributed by atoms with Gasteiger partial charge in [-0.2, -0.15) is 0 Å². The summed E-state index contributed by atoms with van der Waals surface area (Å²) in [6.45, 7) is 0.0197. The molecule has 0 spiro atoms. The number of hydrogen-bond donors (Lipinski definition) is 0. The van der Waals surface area contributed by atoms with Gasteiger partial charge in [0.25, 0.3) is 0 Å². The molecule has 5 heteroatoms. The molecular formula is C14H18FNO3. The van der Waals surface area contributed by atoms with Crippen LogP contribution >= 0.6 is 0 Å². The summed E-state index contributed by atoms with van der Waals surface area (Å²) in [6.07, 6.45) is -0.0657. The predicted molar refractivity (Wildman–Crippen MR) is 68.5 cm³/mol. The minimum absolute atomic E-state index is 0.106. The lowest BCUT2D eigenvalue weighted by molar-refractivity contribution is 0.0780. The van der Waals surface area contributed by atoms with Crippen LogP contribution in [0.25, 0.3) is 0 Å². The van der Waals surface area contributed by atoms with E-state index in [-0.39, 0.29) is 12.7 Å². The Balaban J connectivity index is 1.89. The number of methoxy groups -OCH3 is 1. The van der Waals surface area contributed by atoms with Crippen molar-refractivity contribution >= 4 is 6.09 Å². The van der Waals surface area contributed by atoms with Crippen LogP contribution in [0, 0.1) is 0 Å². The lowest BCUT2D eigenvalue weighted by Gasteiger charge is -2.21. The topological polar surface area (TPSA) is 38.8 Å². The van der Waals surface area contributed by atoms with E-state index in [1.54, 1.807) is 7.11 Å². The minimum atomic E-state index is -0.569. The maximum atomic E-state index is 12.9. The molecule has 2 atom stereocenters.